The Bertz CT molecular complexity index is 1190. The van der Waals surface area contributed by atoms with Crippen molar-refractivity contribution < 1.29 is 19.1 Å². The molecule has 1 unspecified atom stereocenters. The lowest BCUT2D eigenvalue weighted by atomic mass is 10.1. The maximum Gasteiger partial charge on any atom is 0.268 e. The van der Waals surface area contributed by atoms with Gasteiger partial charge in [-0.15, -0.1) is 0 Å². The Kier molecular flexibility index (Phi) is 7.60. The molecule has 1 atom stereocenters. The molecule has 1 aliphatic rings. The summed E-state index contributed by atoms with van der Waals surface area (Å²) in [7, 11) is 0. The van der Waals surface area contributed by atoms with Gasteiger partial charge in [-0.25, -0.2) is 0 Å². The number of fused-ring (bicyclic) bond motifs is 1. The zero-order valence-electron chi connectivity index (χ0n) is 18.6. The van der Waals surface area contributed by atoms with E-state index in [-0.39, 0.29) is 18.2 Å². The van der Waals surface area contributed by atoms with E-state index in [2.05, 4.69) is 5.32 Å². The fourth-order valence-electron chi connectivity index (χ4n) is 3.64. The fraction of sp³-hybridized carbons (Fsp3) is 0.231. The Balaban J connectivity index is 1.37. The predicted octanol–water partition coefficient (Wildman–Crippen LogP) is 6.11. The van der Waals surface area contributed by atoms with Gasteiger partial charge in [0.05, 0.1) is 23.9 Å². The molecule has 2 amide bonds. The number of nitrogens with one attached hydrogen (secondary N) is 1. The maximum atomic E-state index is 12.8. The molecule has 0 spiro atoms. The third kappa shape index (κ3) is 5.82. The molecule has 0 aliphatic carbocycles. The number of halogens is 2. The molecular formula is C26H24Cl2N2O4. The normalized spacial score (nSPS) is 14.9. The van der Waals surface area contributed by atoms with E-state index in [1.807, 2.05) is 30.3 Å². The lowest BCUT2D eigenvalue weighted by Gasteiger charge is -2.33. The minimum absolute atomic E-state index is 0.127. The van der Waals surface area contributed by atoms with Crippen LogP contribution in [0, 0.1) is 0 Å². The SMILES string of the molecule is CC1Oc2ccc(NC(=O)CCCOc3ccc(Cl)cc3Cl)cc2N(Cc2ccccc2)C1=O. The largest absolute Gasteiger partial charge is 0.492 e. The van der Waals surface area contributed by atoms with Crippen molar-refractivity contribution in [3.8, 4) is 11.5 Å². The van der Waals surface area contributed by atoms with Crippen molar-refractivity contribution >= 4 is 46.4 Å². The molecule has 1 aliphatic heterocycles. The van der Waals surface area contributed by atoms with Crippen molar-refractivity contribution in [1.82, 2.24) is 0 Å². The zero-order chi connectivity index (χ0) is 24.1. The summed E-state index contributed by atoms with van der Waals surface area (Å²) in [5.74, 6) is 0.850. The van der Waals surface area contributed by atoms with Crippen LogP contribution < -0.4 is 19.7 Å². The molecule has 0 aromatic heterocycles. The fourth-order valence-corrected chi connectivity index (χ4v) is 4.11. The first-order valence-corrected chi connectivity index (χ1v) is 11.7. The highest BCUT2D eigenvalue weighted by Gasteiger charge is 2.31. The Morgan fingerprint density at radius 3 is 2.65 bits per heavy atom. The van der Waals surface area contributed by atoms with E-state index in [1.54, 1.807) is 48.2 Å². The molecule has 1 heterocycles. The first-order chi connectivity index (χ1) is 16.4. The minimum atomic E-state index is -0.578. The van der Waals surface area contributed by atoms with Gasteiger partial charge in [0.2, 0.25) is 5.91 Å². The van der Waals surface area contributed by atoms with Crippen LogP contribution in [-0.2, 0) is 16.1 Å². The van der Waals surface area contributed by atoms with Crippen LogP contribution in [0.1, 0.15) is 25.3 Å². The van der Waals surface area contributed by atoms with E-state index >= 15 is 0 Å². The molecule has 4 rings (SSSR count). The van der Waals surface area contributed by atoms with Gasteiger partial charge in [0.25, 0.3) is 5.91 Å². The molecular weight excluding hydrogens is 475 g/mol. The average Bonchev–Trinajstić information content (AvgIpc) is 2.82. The lowest BCUT2D eigenvalue weighted by Crippen LogP contribution is -2.44. The number of carbonyl (C=O) groups excluding carboxylic acids is 2. The average molecular weight is 499 g/mol. The summed E-state index contributed by atoms with van der Waals surface area (Å²) in [6, 6.07) is 20.1. The summed E-state index contributed by atoms with van der Waals surface area (Å²) < 4.78 is 11.4. The van der Waals surface area contributed by atoms with Gasteiger partial charge >= 0.3 is 0 Å². The molecule has 3 aromatic rings. The number of rotatable bonds is 8. The number of hydrogen-bond donors (Lipinski definition) is 1. The van der Waals surface area contributed by atoms with Crippen LogP contribution in [0.25, 0.3) is 0 Å². The lowest BCUT2D eigenvalue weighted by molar-refractivity contribution is -0.125. The molecule has 0 fully saturated rings. The summed E-state index contributed by atoms with van der Waals surface area (Å²) in [6.07, 6.45) is 0.197. The van der Waals surface area contributed by atoms with Crippen LogP contribution in [0.3, 0.4) is 0 Å². The zero-order valence-corrected chi connectivity index (χ0v) is 20.1. The van der Waals surface area contributed by atoms with E-state index in [4.69, 9.17) is 32.7 Å². The van der Waals surface area contributed by atoms with Crippen molar-refractivity contribution in [1.29, 1.82) is 0 Å². The summed E-state index contributed by atoms with van der Waals surface area (Å²) in [4.78, 5) is 27.0. The van der Waals surface area contributed by atoms with Crippen LogP contribution in [0.15, 0.2) is 66.7 Å². The minimum Gasteiger partial charge on any atom is -0.492 e. The molecule has 0 bridgehead atoms. The smallest absolute Gasteiger partial charge is 0.268 e. The Hall–Kier alpha value is -3.22. The second kappa shape index (κ2) is 10.8. The number of benzene rings is 3. The van der Waals surface area contributed by atoms with Crippen LogP contribution >= 0.6 is 23.2 Å². The van der Waals surface area contributed by atoms with Crippen molar-refractivity contribution in [2.75, 3.05) is 16.8 Å². The van der Waals surface area contributed by atoms with Crippen molar-refractivity contribution in [3.05, 3.63) is 82.3 Å². The number of ether oxygens (including phenoxy) is 2. The van der Waals surface area contributed by atoms with Crippen molar-refractivity contribution in [3.63, 3.8) is 0 Å². The van der Waals surface area contributed by atoms with Crippen LogP contribution in [0.4, 0.5) is 11.4 Å². The molecule has 0 radical (unpaired) electrons. The summed E-state index contributed by atoms with van der Waals surface area (Å²) in [5, 5.41) is 3.85. The third-order valence-corrected chi connectivity index (χ3v) is 5.86. The second-order valence-electron chi connectivity index (χ2n) is 7.93. The third-order valence-electron chi connectivity index (χ3n) is 5.33. The molecule has 34 heavy (non-hydrogen) atoms. The summed E-state index contributed by atoms with van der Waals surface area (Å²) in [6.45, 7) is 2.49. The van der Waals surface area contributed by atoms with Gasteiger partial charge in [0.15, 0.2) is 6.10 Å². The highest BCUT2D eigenvalue weighted by Crippen LogP contribution is 2.37. The standard InChI is InChI=1S/C26H24Cl2N2O4/c1-17-26(32)30(16-18-6-3-2-4-7-18)22-15-20(10-12-24(22)34-17)29-25(31)8-5-13-33-23-11-9-19(27)14-21(23)28/h2-4,6-7,9-12,14-15,17H,5,8,13,16H2,1H3,(H,29,31). The van der Waals surface area contributed by atoms with Gasteiger partial charge in [-0.3, -0.25) is 9.59 Å². The monoisotopic (exact) mass is 498 g/mol. The van der Waals surface area contributed by atoms with Gasteiger partial charge in [-0.2, -0.15) is 0 Å². The van der Waals surface area contributed by atoms with Crippen LogP contribution in [0.2, 0.25) is 10.0 Å². The number of hydrogen-bond acceptors (Lipinski definition) is 4. The van der Waals surface area contributed by atoms with Crippen LogP contribution in [-0.4, -0.2) is 24.5 Å². The molecule has 6 nitrogen and oxygen atoms in total. The van der Waals surface area contributed by atoms with Crippen LogP contribution in [0.5, 0.6) is 11.5 Å². The van der Waals surface area contributed by atoms with E-state index in [0.29, 0.717) is 52.5 Å². The van der Waals surface area contributed by atoms with E-state index in [0.717, 1.165) is 5.56 Å². The number of nitrogens with zero attached hydrogens (tertiary/aromatic N) is 1. The highest BCUT2D eigenvalue weighted by atomic mass is 35.5. The van der Waals surface area contributed by atoms with Crippen molar-refractivity contribution in [2.24, 2.45) is 0 Å². The summed E-state index contributed by atoms with van der Waals surface area (Å²) >= 11 is 12.0. The molecule has 0 saturated carbocycles. The Labute approximate surface area is 208 Å². The quantitative estimate of drug-likeness (QED) is 0.380. The molecule has 8 heteroatoms. The Morgan fingerprint density at radius 1 is 1.09 bits per heavy atom. The number of carbonyl (C=O) groups is 2. The molecule has 176 valence electrons. The van der Waals surface area contributed by atoms with E-state index in [1.165, 1.54) is 0 Å². The second-order valence-corrected chi connectivity index (χ2v) is 8.77. The van der Waals surface area contributed by atoms with Gasteiger partial charge in [0.1, 0.15) is 11.5 Å². The number of anilines is 2. The number of amides is 2. The first kappa shape index (κ1) is 23.9. The first-order valence-electron chi connectivity index (χ1n) is 10.9. The molecule has 1 N–H and O–H groups in total. The van der Waals surface area contributed by atoms with Gasteiger partial charge in [-0.05, 0) is 55.3 Å². The van der Waals surface area contributed by atoms with Gasteiger partial charge in [-0.1, -0.05) is 53.5 Å². The topological polar surface area (TPSA) is 67.9 Å². The molecule has 0 saturated heterocycles. The van der Waals surface area contributed by atoms with Gasteiger partial charge in [0, 0.05) is 17.1 Å². The van der Waals surface area contributed by atoms with Crippen molar-refractivity contribution in [2.45, 2.75) is 32.4 Å². The van der Waals surface area contributed by atoms with E-state index < -0.39 is 6.10 Å². The predicted molar refractivity (Wildman–Crippen MR) is 134 cm³/mol. The summed E-state index contributed by atoms with van der Waals surface area (Å²) in [5.41, 5.74) is 2.23. The molecule has 3 aromatic carbocycles. The van der Waals surface area contributed by atoms with E-state index in [9.17, 15) is 9.59 Å². The van der Waals surface area contributed by atoms with Gasteiger partial charge < -0.3 is 19.7 Å². The highest BCUT2D eigenvalue weighted by molar-refractivity contribution is 6.35. The maximum absolute atomic E-state index is 12.8. The Morgan fingerprint density at radius 2 is 1.88 bits per heavy atom.